The van der Waals surface area contributed by atoms with Crippen LogP contribution in [0.25, 0.3) is 11.5 Å². The van der Waals surface area contributed by atoms with Crippen LogP contribution in [0.3, 0.4) is 0 Å². The van der Waals surface area contributed by atoms with Crippen molar-refractivity contribution in [3.8, 4) is 23.0 Å². The van der Waals surface area contributed by atoms with E-state index >= 15 is 0 Å². The van der Waals surface area contributed by atoms with E-state index in [-0.39, 0.29) is 0 Å². The molecule has 0 bridgehead atoms. The van der Waals surface area contributed by atoms with Crippen LogP contribution >= 0.6 is 0 Å². The number of aromatic nitrogens is 1. The fourth-order valence-electron chi connectivity index (χ4n) is 3.12. The number of hydrogen-bond acceptors (Lipinski definition) is 5. The van der Waals surface area contributed by atoms with Gasteiger partial charge in [0.1, 0.15) is 6.26 Å². The highest BCUT2D eigenvalue weighted by Crippen LogP contribution is 2.30. The van der Waals surface area contributed by atoms with Gasteiger partial charge in [-0.3, -0.25) is 4.99 Å². The van der Waals surface area contributed by atoms with Crippen molar-refractivity contribution in [2.24, 2.45) is 4.99 Å². The number of aryl methyl sites for hydroxylation is 1. The lowest BCUT2D eigenvalue weighted by atomic mass is 10.1. The molecule has 0 radical (unpaired) electrons. The summed E-state index contributed by atoms with van der Waals surface area (Å²) in [5, 5.41) is 6.57. The fourth-order valence-corrected chi connectivity index (χ4v) is 3.12. The Morgan fingerprint density at radius 3 is 2.57 bits per heavy atom. The lowest BCUT2D eigenvalue weighted by Crippen LogP contribution is -2.36. The van der Waals surface area contributed by atoms with Crippen LogP contribution in [0.4, 0.5) is 0 Å². The minimum Gasteiger partial charge on any atom is -0.490 e. The molecule has 0 amide bonds. The lowest BCUT2D eigenvalue weighted by Gasteiger charge is -2.13. The first-order chi connectivity index (χ1) is 14.7. The van der Waals surface area contributed by atoms with E-state index < -0.39 is 0 Å². The summed E-state index contributed by atoms with van der Waals surface area (Å²) < 4.78 is 17.0. The number of rotatable bonds is 5. The third-order valence-electron chi connectivity index (χ3n) is 4.78. The Kier molecular flexibility index (Phi) is 6.17. The van der Waals surface area contributed by atoms with Crippen LogP contribution in [0.2, 0.25) is 0 Å². The highest BCUT2D eigenvalue weighted by Gasteiger charge is 2.11. The van der Waals surface area contributed by atoms with Gasteiger partial charge < -0.3 is 24.5 Å². The summed E-state index contributed by atoms with van der Waals surface area (Å²) in [5.41, 5.74) is 4.06. The molecule has 2 aromatic carbocycles. The van der Waals surface area contributed by atoms with Crippen LogP contribution in [0, 0.1) is 6.92 Å². The molecule has 7 nitrogen and oxygen atoms in total. The average molecular weight is 406 g/mol. The highest BCUT2D eigenvalue weighted by molar-refractivity contribution is 5.79. The van der Waals surface area contributed by atoms with E-state index in [1.54, 1.807) is 13.3 Å². The number of aliphatic imine (C=N–C) groups is 1. The maximum atomic E-state index is 5.76. The van der Waals surface area contributed by atoms with Crippen molar-refractivity contribution in [3.05, 3.63) is 65.5 Å². The van der Waals surface area contributed by atoms with Gasteiger partial charge in [0.15, 0.2) is 17.5 Å². The highest BCUT2D eigenvalue weighted by atomic mass is 16.5. The molecule has 7 heteroatoms. The summed E-state index contributed by atoms with van der Waals surface area (Å²) in [7, 11) is 1.74. The molecule has 156 valence electrons. The molecule has 2 N–H and O–H groups in total. The second kappa shape index (κ2) is 9.35. The molecule has 0 spiro atoms. The van der Waals surface area contributed by atoms with Gasteiger partial charge in [0.05, 0.1) is 25.5 Å². The predicted octanol–water partition coefficient (Wildman–Crippen LogP) is 3.68. The molecule has 3 aromatic rings. The maximum absolute atomic E-state index is 5.76. The molecule has 0 saturated carbocycles. The smallest absolute Gasteiger partial charge is 0.226 e. The Bertz CT molecular complexity index is 1010. The summed E-state index contributed by atoms with van der Waals surface area (Å²) in [6.07, 6.45) is 2.56. The Balaban J connectivity index is 1.31. The number of nitrogens with zero attached hydrogens (tertiary/aromatic N) is 2. The van der Waals surface area contributed by atoms with Crippen LogP contribution in [0.1, 0.15) is 23.2 Å². The second-order valence-corrected chi connectivity index (χ2v) is 7.12. The number of ether oxygens (including phenoxy) is 2. The van der Waals surface area contributed by atoms with Crippen molar-refractivity contribution >= 4 is 5.96 Å². The zero-order valence-corrected chi connectivity index (χ0v) is 17.3. The van der Waals surface area contributed by atoms with E-state index in [1.165, 1.54) is 5.56 Å². The first-order valence-electron chi connectivity index (χ1n) is 10.1. The van der Waals surface area contributed by atoms with Gasteiger partial charge in [0.25, 0.3) is 0 Å². The molecule has 4 rings (SSSR count). The van der Waals surface area contributed by atoms with Crippen molar-refractivity contribution < 1.29 is 13.9 Å². The minimum atomic E-state index is 0.510. The van der Waals surface area contributed by atoms with Gasteiger partial charge in [-0.05, 0) is 36.8 Å². The van der Waals surface area contributed by atoms with E-state index in [1.807, 2.05) is 42.5 Å². The SMILES string of the molecule is CN=C(NCc1ccc2c(c1)OCCCO2)NCc1coc(-c2ccc(C)cc2)n1. The van der Waals surface area contributed by atoms with Crippen molar-refractivity contribution in [1.29, 1.82) is 0 Å². The van der Waals surface area contributed by atoms with Crippen LogP contribution < -0.4 is 20.1 Å². The van der Waals surface area contributed by atoms with Crippen molar-refractivity contribution in [1.82, 2.24) is 15.6 Å². The number of benzene rings is 2. The van der Waals surface area contributed by atoms with Crippen molar-refractivity contribution in [3.63, 3.8) is 0 Å². The third kappa shape index (κ3) is 4.92. The maximum Gasteiger partial charge on any atom is 0.226 e. The van der Waals surface area contributed by atoms with Crippen LogP contribution in [-0.4, -0.2) is 31.2 Å². The van der Waals surface area contributed by atoms with Gasteiger partial charge in [-0.15, -0.1) is 0 Å². The van der Waals surface area contributed by atoms with E-state index in [0.29, 0.717) is 38.2 Å². The molecule has 1 aromatic heterocycles. The summed E-state index contributed by atoms with van der Waals surface area (Å²) in [6.45, 7) is 4.55. The predicted molar refractivity (Wildman–Crippen MR) is 116 cm³/mol. The summed E-state index contributed by atoms with van der Waals surface area (Å²) in [4.78, 5) is 8.82. The Morgan fingerprint density at radius 2 is 1.77 bits per heavy atom. The van der Waals surface area contributed by atoms with Crippen LogP contribution in [-0.2, 0) is 13.1 Å². The number of fused-ring (bicyclic) bond motifs is 1. The topological polar surface area (TPSA) is 80.9 Å². The molecule has 1 aliphatic rings. The molecule has 30 heavy (non-hydrogen) atoms. The van der Waals surface area contributed by atoms with Gasteiger partial charge in [-0.1, -0.05) is 23.8 Å². The van der Waals surface area contributed by atoms with E-state index in [2.05, 4.69) is 27.5 Å². The number of hydrogen-bond donors (Lipinski definition) is 2. The van der Waals surface area contributed by atoms with Gasteiger partial charge in [0, 0.05) is 25.6 Å². The zero-order valence-electron chi connectivity index (χ0n) is 17.3. The molecule has 0 fully saturated rings. The Labute approximate surface area is 176 Å². The van der Waals surface area contributed by atoms with E-state index in [4.69, 9.17) is 13.9 Å². The van der Waals surface area contributed by atoms with Crippen LogP contribution in [0.15, 0.2) is 58.1 Å². The number of nitrogens with one attached hydrogen (secondary N) is 2. The van der Waals surface area contributed by atoms with Gasteiger partial charge in [-0.2, -0.15) is 0 Å². The normalized spacial score (nSPS) is 13.6. The fraction of sp³-hybridized carbons (Fsp3) is 0.304. The molecule has 1 aliphatic heterocycles. The average Bonchev–Trinajstić information content (AvgIpc) is 3.11. The first kappa shape index (κ1) is 19.8. The number of oxazole rings is 1. The number of guanidine groups is 1. The standard InChI is InChI=1S/C23H26N4O3/c1-16-4-7-18(8-5-16)22-27-19(15-30-22)14-26-23(24-2)25-13-17-6-9-20-21(12-17)29-11-3-10-28-20/h4-9,12,15H,3,10-11,13-14H2,1-2H3,(H2,24,25,26). The van der Waals surface area contributed by atoms with Crippen LogP contribution in [0.5, 0.6) is 11.5 Å². The molecule has 0 atom stereocenters. The van der Waals surface area contributed by atoms with E-state index in [9.17, 15) is 0 Å². The summed E-state index contributed by atoms with van der Waals surface area (Å²) in [5.74, 6) is 2.89. The monoisotopic (exact) mass is 406 g/mol. The summed E-state index contributed by atoms with van der Waals surface area (Å²) in [6, 6.07) is 14.1. The Morgan fingerprint density at radius 1 is 1.00 bits per heavy atom. The third-order valence-corrected chi connectivity index (χ3v) is 4.78. The minimum absolute atomic E-state index is 0.510. The Hall–Kier alpha value is -3.48. The molecule has 2 heterocycles. The van der Waals surface area contributed by atoms with Gasteiger partial charge in [-0.25, -0.2) is 4.98 Å². The quantitative estimate of drug-likeness (QED) is 0.497. The van der Waals surface area contributed by atoms with Gasteiger partial charge in [0.2, 0.25) is 5.89 Å². The molecule has 0 saturated heterocycles. The van der Waals surface area contributed by atoms with Gasteiger partial charge >= 0.3 is 0 Å². The van der Waals surface area contributed by atoms with Crippen molar-refractivity contribution in [2.45, 2.75) is 26.4 Å². The molecular formula is C23H26N4O3. The lowest BCUT2D eigenvalue weighted by molar-refractivity contribution is 0.297. The molecule has 0 aliphatic carbocycles. The van der Waals surface area contributed by atoms with Crippen molar-refractivity contribution in [2.75, 3.05) is 20.3 Å². The first-order valence-corrected chi connectivity index (χ1v) is 10.1. The summed E-state index contributed by atoms with van der Waals surface area (Å²) >= 11 is 0. The zero-order chi connectivity index (χ0) is 20.8. The van der Waals surface area contributed by atoms with E-state index in [0.717, 1.165) is 34.7 Å². The molecular weight excluding hydrogens is 380 g/mol. The largest absolute Gasteiger partial charge is 0.490 e. The second-order valence-electron chi connectivity index (χ2n) is 7.12. The molecule has 0 unspecified atom stereocenters.